The van der Waals surface area contributed by atoms with Gasteiger partial charge in [0.25, 0.3) is 0 Å². The van der Waals surface area contributed by atoms with Gasteiger partial charge in [0.2, 0.25) is 5.91 Å². The topological polar surface area (TPSA) is 44.8 Å². The van der Waals surface area contributed by atoms with Crippen molar-refractivity contribution in [3.8, 4) is 0 Å². The Hall–Kier alpha value is -0.650. The molecule has 5 heteroatoms. The van der Waals surface area contributed by atoms with Gasteiger partial charge < -0.3 is 19.9 Å². The van der Waals surface area contributed by atoms with Crippen molar-refractivity contribution in [2.24, 2.45) is 0 Å². The van der Waals surface area contributed by atoms with Crippen LogP contribution in [0.25, 0.3) is 0 Å². The summed E-state index contributed by atoms with van der Waals surface area (Å²) in [5.41, 5.74) is 0. The second-order valence-electron chi connectivity index (χ2n) is 4.42. The molecule has 1 atom stereocenters. The molecule has 1 aliphatic rings. The summed E-state index contributed by atoms with van der Waals surface area (Å²) in [5, 5.41) is 3.24. The molecular weight excluding hydrogens is 206 g/mol. The second-order valence-corrected chi connectivity index (χ2v) is 4.42. The highest BCUT2D eigenvalue weighted by molar-refractivity contribution is 5.81. The highest BCUT2D eigenvalue weighted by atomic mass is 16.5. The molecule has 0 radical (unpaired) electrons. The third-order valence-electron chi connectivity index (χ3n) is 2.70. The van der Waals surface area contributed by atoms with E-state index in [1.54, 1.807) is 0 Å². The summed E-state index contributed by atoms with van der Waals surface area (Å²) < 4.78 is 5.22. The Morgan fingerprint density at radius 2 is 2.06 bits per heavy atom. The fraction of sp³-hybridized carbons (Fsp3) is 0.909. The third-order valence-corrected chi connectivity index (χ3v) is 2.70. The van der Waals surface area contributed by atoms with Crippen LogP contribution in [-0.2, 0) is 9.53 Å². The molecule has 1 rings (SSSR count). The molecule has 5 nitrogen and oxygen atoms in total. The summed E-state index contributed by atoms with van der Waals surface area (Å²) >= 11 is 0. The molecule has 1 N–H and O–H groups in total. The van der Waals surface area contributed by atoms with Crippen LogP contribution in [0, 0.1) is 0 Å². The zero-order valence-electron chi connectivity index (χ0n) is 10.5. The van der Waals surface area contributed by atoms with Gasteiger partial charge in [0.1, 0.15) is 0 Å². The van der Waals surface area contributed by atoms with Gasteiger partial charge in [-0.2, -0.15) is 0 Å². The van der Waals surface area contributed by atoms with E-state index >= 15 is 0 Å². The molecule has 0 spiro atoms. The largest absolute Gasteiger partial charge is 0.378 e. The quantitative estimate of drug-likeness (QED) is 0.683. The zero-order valence-corrected chi connectivity index (χ0v) is 10.5. The number of carbonyl (C=O) groups excluding carboxylic acids is 1. The van der Waals surface area contributed by atoms with Crippen molar-refractivity contribution in [3.05, 3.63) is 0 Å². The lowest BCUT2D eigenvalue weighted by Crippen LogP contribution is -2.50. The Bertz CT molecular complexity index is 215. The molecule has 1 heterocycles. The number of hydrogen-bond acceptors (Lipinski definition) is 4. The van der Waals surface area contributed by atoms with Gasteiger partial charge in [-0.1, -0.05) is 0 Å². The van der Waals surface area contributed by atoms with Crippen LogP contribution in [0.15, 0.2) is 0 Å². The minimum Gasteiger partial charge on any atom is -0.378 e. The van der Waals surface area contributed by atoms with Crippen molar-refractivity contribution in [1.82, 2.24) is 15.1 Å². The van der Waals surface area contributed by atoms with E-state index in [1.165, 1.54) is 0 Å². The van der Waals surface area contributed by atoms with E-state index in [-0.39, 0.29) is 11.9 Å². The standard InChI is InChI=1S/C11H23N3O2/c1-10(12-4-5-13(2)3)11(15)14-6-8-16-9-7-14/h10,12H,4-9H2,1-3H3/t10-/m1/s1. The van der Waals surface area contributed by atoms with Crippen molar-refractivity contribution >= 4 is 5.91 Å². The van der Waals surface area contributed by atoms with Gasteiger partial charge in [0.05, 0.1) is 19.3 Å². The number of likely N-dealkylation sites (N-methyl/N-ethyl adjacent to an activating group) is 1. The number of nitrogens with zero attached hydrogens (tertiary/aromatic N) is 2. The van der Waals surface area contributed by atoms with Crippen LogP contribution < -0.4 is 5.32 Å². The molecule has 0 aliphatic carbocycles. The zero-order chi connectivity index (χ0) is 12.0. The van der Waals surface area contributed by atoms with Gasteiger partial charge in [-0.05, 0) is 21.0 Å². The predicted octanol–water partition coefficient (Wildman–Crippen LogP) is -0.615. The first-order valence-corrected chi connectivity index (χ1v) is 5.86. The summed E-state index contributed by atoms with van der Waals surface area (Å²) in [7, 11) is 4.05. The monoisotopic (exact) mass is 229 g/mol. The van der Waals surface area contributed by atoms with E-state index in [1.807, 2.05) is 25.9 Å². The normalized spacial score (nSPS) is 18.9. The SMILES string of the molecule is C[C@@H](NCCN(C)C)C(=O)N1CCOCC1. The lowest BCUT2D eigenvalue weighted by molar-refractivity contribution is -0.137. The molecule has 1 amide bonds. The van der Waals surface area contributed by atoms with Gasteiger partial charge >= 0.3 is 0 Å². The number of rotatable bonds is 5. The van der Waals surface area contributed by atoms with Crippen LogP contribution >= 0.6 is 0 Å². The fourth-order valence-electron chi connectivity index (χ4n) is 1.65. The van der Waals surface area contributed by atoms with Crippen LogP contribution in [0.2, 0.25) is 0 Å². The Labute approximate surface area is 97.7 Å². The predicted molar refractivity (Wildman–Crippen MR) is 63.4 cm³/mol. The number of ether oxygens (including phenoxy) is 1. The van der Waals surface area contributed by atoms with Crippen LogP contribution in [-0.4, -0.2) is 75.2 Å². The van der Waals surface area contributed by atoms with E-state index in [0.29, 0.717) is 13.2 Å². The number of amides is 1. The van der Waals surface area contributed by atoms with E-state index in [9.17, 15) is 4.79 Å². The number of nitrogens with one attached hydrogen (secondary N) is 1. The lowest BCUT2D eigenvalue weighted by atomic mass is 10.2. The molecular formula is C11H23N3O2. The highest BCUT2D eigenvalue weighted by Crippen LogP contribution is 2.00. The number of morpholine rings is 1. The van der Waals surface area contributed by atoms with Crippen LogP contribution in [0.5, 0.6) is 0 Å². The first-order valence-electron chi connectivity index (χ1n) is 5.86. The summed E-state index contributed by atoms with van der Waals surface area (Å²) in [5.74, 6) is 0.182. The molecule has 1 saturated heterocycles. The maximum atomic E-state index is 12.0. The fourth-order valence-corrected chi connectivity index (χ4v) is 1.65. The van der Waals surface area contributed by atoms with Crippen molar-refractivity contribution in [3.63, 3.8) is 0 Å². The lowest BCUT2D eigenvalue weighted by Gasteiger charge is -2.29. The Kier molecular flexibility index (Phi) is 5.73. The van der Waals surface area contributed by atoms with Crippen LogP contribution in [0.3, 0.4) is 0 Å². The van der Waals surface area contributed by atoms with Crippen LogP contribution in [0.1, 0.15) is 6.92 Å². The maximum absolute atomic E-state index is 12.0. The first kappa shape index (κ1) is 13.4. The number of hydrogen-bond donors (Lipinski definition) is 1. The van der Waals surface area contributed by atoms with Gasteiger partial charge in [-0.15, -0.1) is 0 Å². The summed E-state index contributed by atoms with van der Waals surface area (Å²) in [4.78, 5) is 15.9. The third kappa shape index (κ3) is 4.47. The Balaban J connectivity index is 2.23. The molecule has 1 fully saturated rings. The molecule has 0 unspecified atom stereocenters. The molecule has 94 valence electrons. The molecule has 0 saturated carbocycles. The minimum atomic E-state index is -0.0990. The molecule has 0 bridgehead atoms. The molecule has 1 aliphatic heterocycles. The van der Waals surface area contributed by atoms with Gasteiger partial charge in [0.15, 0.2) is 0 Å². The van der Waals surface area contributed by atoms with Gasteiger partial charge in [-0.3, -0.25) is 4.79 Å². The van der Waals surface area contributed by atoms with Crippen molar-refractivity contribution in [1.29, 1.82) is 0 Å². The average molecular weight is 229 g/mol. The number of carbonyl (C=O) groups is 1. The Morgan fingerprint density at radius 1 is 1.44 bits per heavy atom. The summed E-state index contributed by atoms with van der Waals surface area (Å²) in [6, 6.07) is -0.0990. The molecule has 16 heavy (non-hydrogen) atoms. The highest BCUT2D eigenvalue weighted by Gasteiger charge is 2.21. The van der Waals surface area contributed by atoms with Gasteiger partial charge in [0, 0.05) is 26.2 Å². The van der Waals surface area contributed by atoms with Gasteiger partial charge in [-0.25, -0.2) is 0 Å². The molecule has 0 aromatic rings. The smallest absolute Gasteiger partial charge is 0.239 e. The minimum absolute atomic E-state index is 0.0990. The van der Waals surface area contributed by atoms with E-state index < -0.39 is 0 Å². The summed E-state index contributed by atoms with van der Waals surface area (Å²) in [6.45, 7) is 6.47. The maximum Gasteiger partial charge on any atom is 0.239 e. The van der Waals surface area contributed by atoms with Crippen molar-refractivity contribution in [2.75, 3.05) is 53.5 Å². The van der Waals surface area contributed by atoms with E-state index in [2.05, 4.69) is 10.2 Å². The second kappa shape index (κ2) is 6.83. The summed E-state index contributed by atoms with van der Waals surface area (Å²) in [6.07, 6.45) is 0. The van der Waals surface area contributed by atoms with E-state index in [4.69, 9.17) is 4.74 Å². The average Bonchev–Trinajstić information content (AvgIpc) is 2.28. The molecule has 0 aromatic carbocycles. The molecule has 0 aromatic heterocycles. The Morgan fingerprint density at radius 3 is 2.62 bits per heavy atom. The van der Waals surface area contributed by atoms with E-state index in [0.717, 1.165) is 26.2 Å². The first-order chi connectivity index (χ1) is 7.61. The van der Waals surface area contributed by atoms with Crippen molar-refractivity contribution in [2.45, 2.75) is 13.0 Å². The van der Waals surface area contributed by atoms with Crippen LogP contribution in [0.4, 0.5) is 0 Å². The van der Waals surface area contributed by atoms with Crippen molar-refractivity contribution < 1.29 is 9.53 Å².